The summed E-state index contributed by atoms with van der Waals surface area (Å²) in [4.78, 5) is 14.1. The highest BCUT2D eigenvalue weighted by Crippen LogP contribution is 2.17. The lowest BCUT2D eigenvalue weighted by Crippen LogP contribution is -2.40. The predicted octanol–water partition coefficient (Wildman–Crippen LogP) is 2.76. The maximum atomic E-state index is 12.2. The van der Waals surface area contributed by atoms with E-state index in [4.69, 9.17) is 0 Å². The predicted molar refractivity (Wildman–Crippen MR) is 84.1 cm³/mol. The fourth-order valence-electron chi connectivity index (χ4n) is 2.92. The van der Waals surface area contributed by atoms with Crippen molar-refractivity contribution in [3.05, 3.63) is 48.0 Å². The van der Waals surface area contributed by atoms with E-state index in [-0.39, 0.29) is 12.0 Å². The number of carbonyl (C=O) groups is 1. The number of nitrogens with zero attached hydrogens (tertiary/aromatic N) is 1. The summed E-state index contributed by atoms with van der Waals surface area (Å²) in [5, 5.41) is 11.9. The van der Waals surface area contributed by atoms with Gasteiger partial charge in [-0.05, 0) is 35.6 Å². The number of rotatable bonds is 3. The quantitative estimate of drug-likeness (QED) is 0.941. The van der Waals surface area contributed by atoms with Gasteiger partial charge in [-0.15, -0.1) is 0 Å². The molecule has 0 bridgehead atoms. The number of likely N-dealkylation sites (tertiary alicyclic amines) is 1. The van der Waals surface area contributed by atoms with Crippen molar-refractivity contribution in [2.24, 2.45) is 0 Å². The summed E-state index contributed by atoms with van der Waals surface area (Å²) in [5.74, 6) is 0.204. The smallest absolute Gasteiger partial charge is 0.222 e. The first kappa shape index (κ1) is 14.1. The number of aliphatic hydroxyl groups is 1. The van der Waals surface area contributed by atoms with Crippen LogP contribution in [-0.4, -0.2) is 35.1 Å². The van der Waals surface area contributed by atoms with Crippen molar-refractivity contribution in [1.29, 1.82) is 0 Å². The average Bonchev–Trinajstić information content (AvgIpc) is 2.53. The van der Waals surface area contributed by atoms with Gasteiger partial charge in [-0.25, -0.2) is 0 Å². The van der Waals surface area contributed by atoms with Gasteiger partial charge in [0.15, 0.2) is 0 Å². The summed E-state index contributed by atoms with van der Waals surface area (Å²) in [6.07, 6.45) is 2.52. The van der Waals surface area contributed by atoms with E-state index in [1.807, 2.05) is 17.0 Å². The zero-order valence-electron chi connectivity index (χ0n) is 12.2. The molecule has 0 aromatic heterocycles. The third kappa shape index (κ3) is 3.42. The lowest BCUT2D eigenvalue weighted by Gasteiger charge is -2.29. The molecule has 2 aromatic rings. The van der Waals surface area contributed by atoms with Crippen LogP contribution in [0.15, 0.2) is 42.5 Å². The third-order valence-electron chi connectivity index (χ3n) is 4.26. The molecule has 3 nitrogen and oxygen atoms in total. The Labute approximate surface area is 125 Å². The van der Waals surface area contributed by atoms with Crippen LogP contribution in [0.4, 0.5) is 0 Å². The molecule has 3 rings (SSSR count). The third-order valence-corrected chi connectivity index (χ3v) is 4.26. The molecule has 110 valence electrons. The highest BCUT2D eigenvalue weighted by molar-refractivity contribution is 5.83. The Bertz CT molecular complexity index is 630. The Hall–Kier alpha value is -1.87. The van der Waals surface area contributed by atoms with Gasteiger partial charge in [0.1, 0.15) is 0 Å². The van der Waals surface area contributed by atoms with Gasteiger partial charge in [-0.1, -0.05) is 42.5 Å². The Morgan fingerprint density at radius 1 is 1.10 bits per heavy atom. The van der Waals surface area contributed by atoms with Crippen molar-refractivity contribution in [3.8, 4) is 0 Å². The summed E-state index contributed by atoms with van der Waals surface area (Å²) >= 11 is 0. The van der Waals surface area contributed by atoms with Gasteiger partial charge in [-0.2, -0.15) is 0 Å². The maximum Gasteiger partial charge on any atom is 0.222 e. The molecule has 0 aliphatic carbocycles. The van der Waals surface area contributed by atoms with Crippen LogP contribution in [-0.2, 0) is 11.2 Å². The first-order valence-corrected chi connectivity index (χ1v) is 7.66. The lowest BCUT2D eigenvalue weighted by atomic mass is 10.0. The monoisotopic (exact) mass is 283 g/mol. The SMILES string of the molecule is O=C(CCc1ccc2ccccc2c1)N1CCC(O)CC1. The van der Waals surface area contributed by atoms with E-state index < -0.39 is 0 Å². The number of benzene rings is 2. The van der Waals surface area contributed by atoms with Gasteiger partial charge < -0.3 is 10.0 Å². The second kappa shape index (κ2) is 6.27. The molecule has 2 aromatic carbocycles. The Kier molecular flexibility index (Phi) is 4.20. The molecule has 0 saturated carbocycles. The zero-order valence-corrected chi connectivity index (χ0v) is 12.2. The number of fused-ring (bicyclic) bond motifs is 1. The van der Waals surface area contributed by atoms with Gasteiger partial charge in [0.05, 0.1) is 6.10 Å². The largest absolute Gasteiger partial charge is 0.393 e. The van der Waals surface area contributed by atoms with E-state index in [2.05, 4.69) is 30.3 Å². The number of amides is 1. The van der Waals surface area contributed by atoms with Gasteiger partial charge in [0.25, 0.3) is 0 Å². The summed E-state index contributed by atoms with van der Waals surface area (Å²) in [6, 6.07) is 14.7. The minimum absolute atomic E-state index is 0.204. The minimum atomic E-state index is -0.227. The van der Waals surface area contributed by atoms with E-state index in [1.54, 1.807) is 0 Å². The molecule has 1 amide bonds. The van der Waals surface area contributed by atoms with Crippen LogP contribution in [0.2, 0.25) is 0 Å². The topological polar surface area (TPSA) is 40.5 Å². The van der Waals surface area contributed by atoms with Crippen LogP contribution >= 0.6 is 0 Å². The highest BCUT2D eigenvalue weighted by Gasteiger charge is 2.20. The van der Waals surface area contributed by atoms with Gasteiger partial charge >= 0.3 is 0 Å². The van der Waals surface area contributed by atoms with Crippen molar-refractivity contribution in [2.75, 3.05) is 13.1 Å². The molecule has 21 heavy (non-hydrogen) atoms. The van der Waals surface area contributed by atoms with E-state index >= 15 is 0 Å². The number of piperidine rings is 1. The number of aliphatic hydroxyl groups excluding tert-OH is 1. The Morgan fingerprint density at radius 3 is 2.57 bits per heavy atom. The molecule has 0 spiro atoms. The maximum absolute atomic E-state index is 12.2. The number of hydrogen-bond acceptors (Lipinski definition) is 2. The van der Waals surface area contributed by atoms with Crippen LogP contribution in [0.1, 0.15) is 24.8 Å². The van der Waals surface area contributed by atoms with E-state index in [9.17, 15) is 9.90 Å². The number of aryl methyl sites for hydroxylation is 1. The molecular formula is C18H21NO2. The molecule has 0 radical (unpaired) electrons. The molecule has 1 heterocycles. The van der Waals surface area contributed by atoms with Crippen molar-refractivity contribution in [3.63, 3.8) is 0 Å². The Balaban J connectivity index is 1.59. The zero-order chi connectivity index (χ0) is 14.7. The first-order valence-electron chi connectivity index (χ1n) is 7.66. The fourth-order valence-corrected chi connectivity index (χ4v) is 2.92. The van der Waals surface area contributed by atoms with Crippen LogP contribution in [0.25, 0.3) is 10.8 Å². The summed E-state index contributed by atoms with van der Waals surface area (Å²) in [5.41, 5.74) is 1.21. The highest BCUT2D eigenvalue weighted by atomic mass is 16.3. The van der Waals surface area contributed by atoms with E-state index in [1.165, 1.54) is 16.3 Å². The summed E-state index contributed by atoms with van der Waals surface area (Å²) in [6.45, 7) is 1.38. The van der Waals surface area contributed by atoms with Gasteiger partial charge in [0.2, 0.25) is 5.91 Å². The van der Waals surface area contributed by atoms with E-state index in [0.29, 0.717) is 32.4 Å². The minimum Gasteiger partial charge on any atom is -0.393 e. The standard InChI is InChI=1S/C18H21NO2/c20-17-9-11-19(12-10-17)18(21)8-6-14-5-7-15-3-1-2-4-16(15)13-14/h1-5,7,13,17,20H,6,8-12H2. The Morgan fingerprint density at radius 2 is 1.81 bits per heavy atom. The second-order valence-corrected chi connectivity index (χ2v) is 5.79. The second-order valence-electron chi connectivity index (χ2n) is 5.79. The van der Waals surface area contributed by atoms with Crippen LogP contribution in [0, 0.1) is 0 Å². The molecule has 1 fully saturated rings. The van der Waals surface area contributed by atoms with Crippen LogP contribution in [0.5, 0.6) is 0 Å². The summed E-state index contributed by atoms with van der Waals surface area (Å²) < 4.78 is 0. The molecule has 1 aliphatic rings. The molecule has 0 unspecified atom stereocenters. The molecule has 3 heteroatoms. The van der Waals surface area contributed by atoms with Gasteiger partial charge in [-0.3, -0.25) is 4.79 Å². The number of carbonyl (C=O) groups excluding carboxylic acids is 1. The number of hydrogen-bond donors (Lipinski definition) is 1. The van der Waals surface area contributed by atoms with Crippen molar-refractivity contribution < 1.29 is 9.90 Å². The van der Waals surface area contributed by atoms with Crippen molar-refractivity contribution >= 4 is 16.7 Å². The molecule has 1 N–H and O–H groups in total. The van der Waals surface area contributed by atoms with Crippen molar-refractivity contribution in [1.82, 2.24) is 4.90 Å². The fraction of sp³-hybridized carbons (Fsp3) is 0.389. The lowest BCUT2D eigenvalue weighted by molar-refractivity contribution is -0.133. The van der Waals surface area contributed by atoms with Crippen LogP contribution in [0.3, 0.4) is 0 Å². The molecule has 1 saturated heterocycles. The average molecular weight is 283 g/mol. The van der Waals surface area contributed by atoms with Crippen molar-refractivity contribution in [2.45, 2.75) is 31.8 Å². The van der Waals surface area contributed by atoms with E-state index in [0.717, 1.165) is 6.42 Å². The molecular weight excluding hydrogens is 262 g/mol. The van der Waals surface area contributed by atoms with Gasteiger partial charge in [0, 0.05) is 19.5 Å². The molecule has 1 aliphatic heterocycles. The normalized spacial score (nSPS) is 16.3. The first-order chi connectivity index (χ1) is 10.2. The molecule has 0 atom stereocenters. The summed E-state index contributed by atoms with van der Waals surface area (Å²) in [7, 11) is 0. The van der Waals surface area contributed by atoms with Crippen LogP contribution < -0.4 is 0 Å².